The van der Waals surface area contributed by atoms with Crippen LogP contribution in [0.2, 0.25) is 0 Å². The molecule has 0 radical (unpaired) electrons. The Morgan fingerprint density at radius 3 is 2.62 bits per heavy atom. The fourth-order valence-electron chi connectivity index (χ4n) is 2.54. The molecule has 0 aromatic carbocycles. The maximum atomic E-state index is 5.46. The average molecular weight is 310 g/mol. The molecule has 1 aromatic rings. The van der Waals surface area contributed by atoms with Crippen LogP contribution in [0, 0.1) is 0 Å². The summed E-state index contributed by atoms with van der Waals surface area (Å²) in [6.07, 6.45) is 0. The number of nitrogens with one attached hydrogen (secondary N) is 1. The van der Waals surface area contributed by atoms with E-state index in [0.29, 0.717) is 23.7 Å². The lowest BCUT2D eigenvalue weighted by molar-refractivity contribution is 0.128. The maximum absolute atomic E-state index is 5.46. The third-order valence-corrected chi connectivity index (χ3v) is 4.52. The van der Waals surface area contributed by atoms with Gasteiger partial charge in [0.25, 0.3) is 0 Å². The van der Waals surface area contributed by atoms with Crippen molar-refractivity contribution in [2.75, 3.05) is 36.5 Å². The number of rotatable bonds is 6. The topological polar surface area (TPSA) is 50.3 Å². The third-order valence-electron chi connectivity index (χ3n) is 3.30. The molecule has 2 atom stereocenters. The average Bonchev–Trinajstić information content (AvgIpc) is 2.44. The van der Waals surface area contributed by atoms with Crippen molar-refractivity contribution in [1.29, 1.82) is 0 Å². The number of hydrogen-bond donors (Lipinski definition) is 1. The van der Waals surface area contributed by atoms with E-state index in [-0.39, 0.29) is 0 Å². The second-order valence-electron chi connectivity index (χ2n) is 5.36. The van der Waals surface area contributed by atoms with Crippen LogP contribution < -0.4 is 10.2 Å². The van der Waals surface area contributed by atoms with Crippen molar-refractivity contribution in [1.82, 2.24) is 9.97 Å². The molecule has 1 aliphatic rings. The first-order valence-corrected chi connectivity index (χ1v) is 8.66. The highest BCUT2D eigenvalue weighted by molar-refractivity contribution is 8.00. The molecule has 0 saturated carbocycles. The van der Waals surface area contributed by atoms with Crippen LogP contribution in [-0.2, 0) is 11.3 Å². The Balaban J connectivity index is 2.21. The fraction of sp³-hybridized carbons (Fsp3) is 0.733. The monoisotopic (exact) mass is 310 g/mol. The van der Waals surface area contributed by atoms with Crippen molar-refractivity contribution in [3.8, 4) is 0 Å². The lowest BCUT2D eigenvalue weighted by Gasteiger charge is -2.35. The van der Waals surface area contributed by atoms with Crippen LogP contribution in [0.3, 0.4) is 0 Å². The van der Waals surface area contributed by atoms with Gasteiger partial charge in [0.15, 0.2) is 5.82 Å². The van der Waals surface area contributed by atoms with Crippen LogP contribution in [0.4, 0.5) is 11.6 Å². The van der Waals surface area contributed by atoms with Gasteiger partial charge in [-0.3, -0.25) is 0 Å². The molecule has 0 aliphatic carbocycles. The SMILES string of the molecule is CCNc1cc(N2CC(C)SC(C)C2)nc(COCC)n1. The number of anilines is 2. The minimum absolute atomic E-state index is 0.469. The van der Waals surface area contributed by atoms with Crippen LogP contribution >= 0.6 is 11.8 Å². The van der Waals surface area contributed by atoms with Gasteiger partial charge in [-0.2, -0.15) is 11.8 Å². The summed E-state index contributed by atoms with van der Waals surface area (Å²) in [6.45, 7) is 12.7. The number of thioether (sulfide) groups is 1. The van der Waals surface area contributed by atoms with Gasteiger partial charge in [-0.05, 0) is 13.8 Å². The van der Waals surface area contributed by atoms with E-state index in [4.69, 9.17) is 4.74 Å². The number of hydrogen-bond acceptors (Lipinski definition) is 6. The molecule has 0 spiro atoms. The molecule has 1 aliphatic heterocycles. The molecule has 6 heteroatoms. The summed E-state index contributed by atoms with van der Waals surface area (Å²) < 4.78 is 5.46. The standard InChI is InChI=1S/C15H26N4OS/c1-5-16-13-7-15(18-14(17-13)10-20-6-2)19-8-11(3)21-12(4)9-19/h7,11-12H,5-6,8-10H2,1-4H3,(H,16,17,18). The van der Waals surface area contributed by atoms with E-state index in [9.17, 15) is 0 Å². The molecule has 0 bridgehead atoms. The zero-order valence-corrected chi connectivity index (χ0v) is 14.2. The van der Waals surface area contributed by atoms with Gasteiger partial charge in [-0.25, -0.2) is 9.97 Å². The molecule has 5 nitrogen and oxygen atoms in total. The van der Waals surface area contributed by atoms with E-state index in [2.05, 4.69) is 41.0 Å². The van der Waals surface area contributed by atoms with E-state index in [1.165, 1.54) is 0 Å². The first kappa shape index (κ1) is 16.4. The van der Waals surface area contributed by atoms with Crippen molar-refractivity contribution in [2.45, 2.75) is 44.8 Å². The van der Waals surface area contributed by atoms with Gasteiger partial charge in [-0.1, -0.05) is 13.8 Å². The van der Waals surface area contributed by atoms with Crippen molar-refractivity contribution in [3.05, 3.63) is 11.9 Å². The number of aromatic nitrogens is 2. The highest BCUT2D eigenvalue weighted by Gasteiger charge is 2.24. The normalized spacial score (nSPS) is 22.4. The van der Waals surface area contributed by atoms with Crippen LogP contribution in [0.1, 0.15) is 33.5 Å². The Labute approximate surface area is 131 Å². The molecule has 2 unspecified atom stereocenters. The molecule has 1 fully saturated rings. The van der Waals surface area contributed by atoms with Gasteiger partial charge in [0, 0.05) is 42.8 Å². The Bertz CT molecular complexity index is 447. The predicted molar refractivity (Wildman–Crippen MR) is 90.3 cm³/mol. The first-order valence-electron chi connectivity index (χ1n) is 7.72. The highest BCUT2D eigenvalue weighted by atomic mass is 32.2. The summed E-state index contributed by atoms with van der Waals surface area (Å²) in [7, 11) is 0. The van der Waals surface area contributed by atoms with E-state index in [1.807, 2.05) is 24.8 Å². The maximum Gasteiger partial charge on any atom is 0.158 e. The van der Waals surface area contributed by atoms with Crippen molar-refractivity contribution >= 4 is 23.4 Å². The van der Waals surface area contributed by atoms with Gasteiger partial charge >= 0.3 is 0 Å². The Morgan fingerprint density at radius 2 is 2.00 bits per heavy atom. The zero-order valence-electron chi connectivity index (χ0n) is 13.4. The second kappa shape index (κ2) is 7.84. The second-order valence-corrected chi connectivity index (χ2v) is 7.24. The summed E-state index contributed by atoms with van der Waals surface area (Å²) in [6, 6.07) is 2.05. The Kier molecular flexibility index (Phi) is 6.11. The summed E-state index contributed by atoms with van der Waals surface area (Å²) in [5.74, 6) is 2.65. The lowest BCUT2D eigenvalue weighted by Crippen LogP contribution is -2.41. The molecule has 0 amide bonds. The molecule has 2 heterocycles. The van der Waals surface area contributed by atoms with Crippen molar-refractivity contribution < 1.29 is 4.74 Å². The quantitative estimate of drug-likeness (QED) is 0.872. The smallest absolute Gasteiger partial charge is 0.158 e. The fourth-order valence-corrected chi connectivity index (χ4v) is 3.86. The Morgan fingerprint density at radius 1 is 1.29 bits per heavy atom. The molecule has 1 aromatic heterocycles. The summed E-state index contributed by atoms with van der Waals surface area (Å²) >= 11 is 2.05. The number of ether oxygens (including phenoxy) is 1. The van der Waals surface area contributed by atoms with E-state index >= 15 is 0 Å². The molecule has 1 saturated heterocycles. The molecule has 1 N–H and O–H groups in total. The van der Waals surface area contributed by atoms with Gasteiger partial charge in [-0.15, -0.1) is 0 Å². The van der Waals surface area contributed by atoms with Gasteiger partial charge < -0.3 is 15.0 Å². The summed E-state index contributed by atoms with van der Waals surface area (Å²) in [5.41, 5.74) is 0. The largest absolute Gasteiger partial charge is 0.374 e. The zero-order chi connectivity index (χ0) is 15.2. The molecule has 21 heavy (non-hydrogen) atoms. The van der Waals surface area contributed by atoms with Crippen molar-refractivity contribution in [3.63, 3.8) is 0 Å². The third kappa shape index (κ3) is 4.74. The van der Waals surface area contributed by atoms with E-state index in [1.54, 1.807) is 0 Å². The van der Waals surface area contributed by atoms with Crippen LogP contribution in [0.15, 0.2) is 6.07 Å². The van der Waals surface area contributed by atoms with Gasteiger partial charge in [0.05, 0.1) is 0 Å². The summed E-state index contributed by atoms with van der Waals surface area (Å²) in [4.78, 5) is 11.6. The van der Waals surface area contributed by atoms with Crippen LogP contribution in [0.5, 0.6) is 0 Å². The van der Waals surface area contributed by atoms with E-state index in [0.717, 1.165) is 37.1 Å². The molecular formula is C15H26N4OS. The minimum atomic E-state index is 0.469. The predicted octanol–water partition coefficient (Wildman–Crippen LogP) is 2.78. The van der Waals surface area contributed by atoms with Crippen LogP contribution in [0.25, 0.3) is 0 Å². The van der Waals surface area contributed by atoms with Crippen molar-refractivity contribution in [2.24, 2.45) is 0 Å². The van der Waals surface area contributed by atoms with Crippen LogP contribution in [-0.4, -0.2) is 46.7 Å². The minimum Gasteiger partial charge on any atom is -0.374 e. The number of nitrogens with zero attached hydrogens (tertiary/aromatic N) is 3. The lowest BCUT2D eigenvalue weighted by atomic mass is 10.3. The van der Waals surface area contributed by atoms with Gasteiger partial charge in [0.2, 0.25) is 0 Å². The molecule has 118 valence electrons. The first-order chi connectivity index (χ1) is 10.1. The van der Waals surface area contributed by atoms with Gasteiger partial charge in [0.1, 0.15) is 18.2 Å². The summed E-state index contributed by atoms with van der Waals surface area (Å²) in [5, 5.41) is 4.54. The highest BCUT2D eigenvalue weighted by Crippen LogP contribution is 2.28. The molecule has 2 rings (SSSR count). The van der Waals surface area contributed by atoms with E-state index < -0.39 is 0 Å². The molecular weight excluding hydrogens is 284 g/mol. The Hall–Kier alpha value is -1.01.